The van der Waals surface area contributed by atoms with Gasteiger partial charge in [-0.15, -0.1) is 0 Å². The van der Waals surface area contributed by atoms with Crippen molar-refractivity contribution >= 4 is 28.6 Å². The third-order valence-corrected chi connectivity index (χ3v) is 6.98. The molecule has 31 heavy (non-hydrogen) atoms. The number of carbonyl (C=O) groups excluding carboxylic acids is 1. The Kier molecular flexibility index (Phi) is 5.08. The van der Waals surface area contributed by atoms with Gasteiger partial charge >= 0.3 is 0 Å². The van der Waals surface area contributed by atoms with Gasteiger partial charge in [-0.3, -0.25) is 4.79 Å². The Morgan fingerprint density at radius 2 is 1.77 bits per heavy atom. The molecule has 2 aromatic rings. The molecule has 164 valence electrons. The summed E-state index contributed by atoms with van der Waals surface area (Å²) < 4.78 is 10.8. The van der Waals surface area contributed by atoms with E-state index in [1.54, 1.807) is 20.3 Å². The van der Waals surface area contributed by atoms with E-state index in [4.69, 9.17) is 20.2 Å². The normalized spacial score (nSPS) is 25.2. The number of nitrogens with zero attached hydrogens (tertiary/aromatic N) is 4. The molecular formula is C23H29N5O3. The SMILES string of the molecule is COc1cc2nc(N3CCN(C(=O)C4CC5C=CC4CC5)CC3)nc(N)c2cc1OC. The summed E-state index contributed by atoms with van der Waals surface area (Å²) in [6.07, 6.45) is 7.97. The van der Waals surface area contributed by atoms with Gasteiger partial charge in [-0.05, 0) is 37.2 Å². The summed E-state index contributed by atoms with van der Waals surface area (Å²) >= 11 is 0. The molecule has 3 aliphatic carbocycles. The van der Waals surface area contributed by atoms with E-state index in [0.29, 0.717) is 72.7 Å². The lowest BCUT2D eigenvalue weighted by atomic mass is 9.68. The zero-order valence-electron chi connectivity index (χ0n) is 18.1. The first-order chi connectivity index (χ1) is 15.1. The summed E-state index contributed by atoms with van der Waals surface area (Å²) in [7, 11) is 3.18. The second kappa shape index (κ2) is 7.90. The molecule has 2 N–H and O–H groups in total. The zero-order chi connectivity index (χ0) is 21.5. The Balaban J connectivity index is 1.31. The van der Waals surface area contributed by atoms with Crippen molar-refractivity contribution in [3.63, 3.8) is 0 Å². The zero-order valence-corrected chi connectivity index (χ0v) is 18.1. The smallest absolute Gasteiger partial charge is 0.228 e. The van der Waals surface area contributed by atoms with E-state index < -0.39 is 0 Å². The number of benzene rings is 1. The number of fused-ring (bicyclic) bond motifs is 3. The number of hydrogen-bond donors (Lipinski definition) is 1. The minimum atomic E-state index is 0.158. The summed E-state index contributed by atoms with van der Waals surface area (Å²) in [5.74, 6) is 3.67. The van der Waals surface area contributed by atoms with Gasteiger partial charge in [0, 0.05) is 43.5 Å². The van der Waals surface area contributed by atoms with Gasteiger partial charge in [0.25, 0.3) is 0 Å². The van der Waals surface area contributed by atoms with Crippen LogP contribution in [0.25, 0.3) is 10.9 Å². The van der Waals surface area contributed by atoms with Crippen molar-refractivity contribution in [3.05, 3.63) is 24.3 Å². The average molecular weight is 424 g/mol. The number of piperazine rings is 1. The third-order valence-electron chi connectivity index (χ3n) is 6.98. The number of amides is 1. The van der Waals surface area contributed by atoms with Crippen molar-refractivity contribution in [2.75, 3.05) is 51.0 Å². The molecule has 1 aliphatic heterocycles. The fraction of sp³-hybridized carbons (Fsp3) is 0.522. The summed E-state index contributed by atoms with van der Waals surface area (Å²) in [5, 5.41) is 0.732. The summed E-state index contributed by atoms with van der Waals surface area (Å²) in [6.45, 7) is 2.76. The van der Waals surface area contributed by atoms with Crippen molar-refractivity contribution in [2.45, 2.75) is 19.3 Å². The van der Waals surface area contributed by atoms with Gasteiger partial charge in [0.15, 0.2) is 11.5 Å². The molecule has 1 amide bonds. The van der Waals surface area contributed by atoms with E-state index in [2.05, 4.69) is 22.0 Å². The summed E-state index contributed by atoms with van der Waals surface area (Å²) in [4.78, 5) is 26.5. The van der Waals surface area contributed by atoms with Crippen LogP contribution in [0.15, 0.2) is 24.3 Å². The number of methoxy groups -OCH3 is 2. The van der Waals surface area contributed by atoms with Crippen LogP contribution in [0.2, 0.25) is 0 Å². The maximum atomic E-state index is 13.1. The second-order valence-corrected chi connectivity index (χ2v) is 8.67. The van der Waals surface area contributed by atoms with Crippen LogP contribution in [-0.4, -0.2) is 61.2 Å². The Morgan fingerprint density at radius 3 is 2.39 bits per heavy atom. The van der Waals surface area contributed by atoms with Crippen molar-refractivity contribution in [1.29, 1.82) is 0 Å². The number of hydrogen-bond acceptors (Lipinski definition) is 7. The number of nitrogens with two attached hydrogens (primary N) is 1. The molecule has 0 radical (unpaired) electrons. The summed E-state index contributed by atoms with van der Waals surface area (Å²) in [6, 6.07) is 3.62. The van der Waals surface area contributed by atoms with Gasteiger partial charge in [-0.2, -0.15) is 4.98 Å². The van der Waals surface area contributed by atoms with Gasteiger partial charge in [-0.1, -0.05) is 12.2 Å². The molecule has 1 aromatic heterocycles. The van der Waals surface area contributed by atoms with Crippen LogP contribution in [0.3, 0.4) is 0 Å². The molecule has 8 nitrogen and oxygen atoms in total. The Morgan fingerprint density at radius 1 is 1.03 bits per heavy atom. The van der Waals surface area contributed by atoms with Crippen LogP contribution in [0.1, 0.15) is 19.3 Å². The molecule has 1 saturated carbocycles. The first-order valence-electron chi connectivity index (χ1n) is 11.0. The fourth-order valence-electron chi connectivity index (χ4n) is 5.18. The van der Waals surface area contributed by atoms with E-state index in [0.717, 1.165) is 18.2 Å². The van der Waals surface area contributed by atoms with Crippen LogP contribution >= 0.6 is 0 Å². The molecule has 2 bridgehead atoms. The molecule has 2 fully saturated rings. The molecule has 3 atom stereocenters. The van der Waals surface area contributed by atoms with Crippen LogP contribution < -0.4 is 20.1 Å². The van der Waals surface area contributed by atoms with Gasteiger partial charge in [0.05, 0.1) is 19.7 Å². The highest BCUT2D eigenvalue weighted by Crippen LogP contribution is 2.41. The predicted octanol–water partition coefficient (Wildman–Crippen LogP) is 2.48. The van der Waals surface area contributed by atoms with Gasteiger partial charge in [-0.25, -0.2) is 4.98 Å². The molecule has 6 rings (SSSR count). The number of rotatable bonds is 4. The fourth-order valence-corrected chi connectivity index (χ4v) is 5.18. The minimum Gasteiger partial charge on any atom is -0.493 e. The highest BCUT2D eigenvalue weighted by molar-refractivity contribution is 5.91. The first kappa shape index (κ1) is 19.9. The minimum absolute atomic E-state index is 0.158. The van der Waals surface area contributed by atoms with Crippen molar-refractivity contribution in [2.24, 2.45) is 17.8 Å². The highest BCUT2D eigenvalue weighted by atomic mass is 16.5. The van der Waals surface area contributed by atoms with Gasteiger partial charge in [0.1, 0.15) is 5.82 Å². The first-order valence-corrected chi connectivity index (χ1v) is 11.0. The molecular weight excluding hydrogens is 394 g/mol. The lowest BCUT2D eigenvalue weighted by Crippen LogP contribution is -2.52. The van der Waals surface area contributed by atoms with Crippen LogP contribution in [0.4, 0.5) is 11.8 Å². The predicted molar refractivity (Wildman–Crippen MR) is 119 cm³/mol. The van der Waals surface area contributed by atoms with Crippen molar-refractivity contribution in [1.82, 2.24) is 14.9 Å². The average Bonchev–Trinajstić information content (AvgIpc) is 2.83. The van der Waals surface area contributed by atoms with Gasteiger partial charge < -0.3 is 25.0 Å². The largest absolute Gasteiger partial charge is 0.493 e. The Bertz CT molecular complexity index is 1030. The Labute approximate surface area is 182 Å². The number of aromatic nitrogens is 2. The summed E-state index contributed by atoms with van der Waals surface area (Å²) in [5.41, 5.74) is 6.95. The maximum absolute atomic E-state index is 13.1. The van der Waals surface area contributed by atoms with Gasteiger partial charge in [0.2, 0.25) is 11.9 Å². The standard InChI is InChI=1S/C23H29N5O3/c1-30-19-12-17-18(13-20(19)31-2)25-23(26-21(17)24)28-9-7-27(8-10-28)22(29)16-11-14-3-5-15(16)6-4-14/h3,5,12-16H,4,6-11H2,1-2H3,(H2,24,25,26). The molecule has 1 aromatic carbocycles. The topological polar surface area (TPSA) is 93.8 Å². The van der Waals surface area contributed by atoms with E-state index in [1.165, 1.54) is 6.42 Å². The number of allylic oxidation sites excluding steroid dienone is 2. The van der Waals surface area contributed by atoms with E-state index in [1.807, 2.05) is 11.0 Å². The van der Waals surface area contributed by atoms with E-state index >= 15 is 0 Å². The number of anilines is 2. The number of ether oxygens (including phenoxy) is 2. The lowest BCUT2D eigenvalue weighted by Gasteiger charge is -2.42. The molecule has 3 unspecified atom stereocenters. The number of nitrogen functional groups attached to an aromatic ring is 1. The molecule has 4 aliphatic rings. The van der Waals surface area contributed by atoms with Crippen LogP contribution in [0.5, 0.6) is 11.5 Å². The monoisotopic (exact) mass is 423 g/mol. The highest BCUT2D eigenvalue weighted by Gasteiger charge is 2.39. The maximum Gasteiger partial charge on any atom is 0.228 e. The molecule has 2 heterocycles. The quantitative estimate of drug-likeness (QED) is 0.755. The molecule has 1 saturated heterocycles. The molecule has 8 heteroatoms. The third kappa shape index (κ3) is 3.54. The van der Waals surface area contributed by atoms with E-state index in [-0.39, 0.29) is 5.92 Å². The van der Waals surface area contributed by atoms with Crippen molar-refractivity contribution in [3.8, 4) is 11.5 Å². The van der Waals surface area contributed by atoms with E-state index in [9.17, 15) is 4.79 Å². The molecule has 0 spiro atoms. The lowest BCUT2D eigenvalue weighted by molar-refractivity contribution is -0.138. The van der Waals surface area contributed by atoms with Crippen LogP contribution in [-0.2, 0) is 4.79 Å². The van der Waals surface area contributed by atoms with Crippen molar-refractivity contribution < 1.29 is 14.3 Å². The second-order valence-electron chi connectivity index (χ2n) is 8.67. The Hall–Kier alpha value is -3.03. The number of carbonyl (C=O) groups is 1. The van der Waals surface area contributed by atoms with Crippen LogP contribution in [0, 0.1) is 17.8 Å².